The Labute approximate surface area is 79.0 Å². The van der Waals surface area contributed by atoms with Crippen LogP contribution in [0.1, 0.15) is 25.7 Å². The van der Waals surface area contributed by atoms with Gasteiger partial charge >= 0.3 is 6.03 Å². The molecule has 2 amide bonds. The average Bonchev–Trinajstić information content (AvgIpc) is 2.63. The normalized spacial score (nSPS) is 19.8. The molecule has 4 nitrogen and oxygen atoms in total. The van der Waals surface area contributed by atoms with Crippen LogP contribution >= 0.6 is 0 Å². The number of carbonyl (C=O) groups is 1. The van der Waals surface area contributed by atoms with Gasteiger partial charge < -0.3 is 15.4 Å². The third-order valence-electron chi connectivity index (χ3n) is 2.75. The molecule has 1 fully saturated rings. The van der Waals surface area contributed by atoms with Crippen molar-refractivity contribution in [3.05, 3.63) is 0 Å². The van der Waals surface area contributed by atoms with E-state index in [1.807, 2.05) is 0 Å². The lowest BCUT2D eigenvalue weighted by molar-refractivity contribution is -0.00105. The minimum atomic E-state index is -0.136. The molecule has 2 N–H and O–H groups in total. The molecule has 0 aromatic rings. The van der Waals surface area contributed by atoms with E-state index >= 15 is 0 Å². The first-order valence-corrected chi connectivity index (χ1v) is 4.73. The van der Waals surface area contributed by atoms with E-state index in [0.29, 0.717) is 6.54 Å². The molecule has 0 saturated heterocycles. The van der Waals surface area contributed by atoms with Gasteiger partial charge in [-0.3, -0.25) is 0 Å². The molecular formula is C9H18N2O2. The topological polar surface area (TPSA) is 50.4 Å². The van der Waals surface area contributed by atoms with E-state index in [4.69, 9.17) is 4.74 Å². The molecule has 76 valence electrons. The Morgan fingerprint density at radius 2 is 2.08 bits per heavy atom. The van der Waals surface area contributed by atoms with E-state index in [1.165, 1.54) is 12.8 Å². The number of urea groups is 1. The van der Waals surface area contributed by atoms with Crippen LogP contribution in [-0.4, -0.2) is 32.3 Å². The van der Waals surface area contributed by atoms with Gasteiger partial charge in [-0.1, -0.05) is 12.8 Å². The summed E-state index contributed by atoms with van der Waals surface area (Å²) in [5, 5.41) is 5.32. The van der Waals surface area contributed by atoms with Gasteiger partial charge in [0.2, 0.25) is 0 Å². The fraction of sp³-hybridized carbons (Fsp3) is 0.889. The predicted octanol–water partition coefficient (Wildman–Crippen LogP) is 0.875. The number of amides is 2. The highest BCUT2D eigenvalue weighted by Crippen LogP contribution is 2.31. The van der Waals surface area contributed by atoms with Crippen LogP contribution in [0.5, 0.6) is 0 Å². The van der Waals surface area contributed by atoms with E-state index in [0.717, 1.165) is 12.8 Å². The number of nitrogens with one attached hydrogen (secondary N) is 2. The molecule has 1 rings (SSSR count). The van der Waals surface area contributed by atoms with Crippen LogP contribution in [0.4, 0.5) is 4.79 Å². The minimum Gasteiger partial charge on any atom is -0.376 e. The number of carbonyl (C=O) groups excluding carboxylic acids is 1. The third kappa shape index (κ3) is 2.59. The number of ether oxygens (including phenoxy) is 1. The summed E-state index contributed by atoms with van der Waals surface area (Å²) in [6, 6.07) is -0.136. The van der Waals surface area contributed by atoms with Crippen LogP contribution in [0.15, 0.2) is 0 Å². The minimum absolute atomic E-state index is 0.105. The van der Waals surface area contributed by atoms with Gasteiger partial charge in [-0.2, -0.15) is 0 Å². The summed E-state index contributed by atoms with van der Waals surface area (Å²) >= 11 is 0. The summed E-state index contributed by atoms with van der Waals surface area (Å²) in [6.45, 7) is 0.614. The van der Waals surface area contributed by atoms with Crippen LogP contribution in [0.2, 0.25) is 0 Å². The fourth-order valence-corrected chi connectivity index (χ4v) is 1.80. The number of rotatable bonds is 3. The molecule has 0 aromatic heterocycles. The first-order chi connectivity index (χ1) is 6.22. The van der Waals surface area contributed by atoms with Crippen molar-refractivity contribution in [1.29, 1.82) is 0 Å². The van der Waals surface area contributed by atoms with Gasteiger partial charge in [0.1, 0.15) is 0 Å². The summed E-state index contributed by atoms with van der Waals surface area (Å²) in [7, 11) is 3.33. The zero-order valence-corrected chi connectivity index (χ0v) is 8.35. The Bertz CT molecular complexity index is 176. The van der Waals surface area contributed by atoms with Crippen molar-refractivity contribution in [2.24, 2.45) is 0 Å². The van der Waals surface area contributed by atoms with Gasteiger partial charge in [0.15, 0.2) is 0 Å². The Balaban J connectivity index is 2.35. The van der Waals surface area contributed by atoms with Gasteiger partial charge in [0.25, 0.3) is 0 Å². The van der Waals surface area contributed by atoms with Crippen molar-refractivity contribution in [3.8, 4) is 0 Å². The second kappa shape index (κ2) is 4.46. The van der Waals surface area contributed by atoms with E-state index in [-0.39, 0.29) is 11.6 Å². The van der Waals surface area contributed by atoms with E-state index in [9.17, 15) is 4.79 Å². The van der Waals surface area contributed by atoms with Crippen molar-refractivity contribution in [3.63, 3.8) is 0 Å². The Morgan fingerprint density at radius 3 is 2.54 bits per heavy atom. The molecule has 0 aliphatic heterocycles. The van der Waals surface area contributed by atoms with Crippen LogP contribution in [0.25, 0.3) is 0 Å². The molecule has 0 heterocycles. The molecule has 1 aliphatic carbocycles. The molecule has 0 spiro atoms. The number of methoxy groups -OCH3 is 1. The highest BCUT2D eigenvalue weighted by Gasteiger charge is 2.33. The first kappa shape index (κ1) is 10.3. The van der Waals surface area contributed by atoms with Crippen molar-refractivity contribution < 1.29 is 9.53 Å². The maximum atomic E-state index is 10.9. The van der Waals surface area contributed by atoms with Crippen LogP contribution in [-0.2, 0) is 4.74 Å². The molecule has 4 heteroatoms. The Morgan fingerprint density at radius 1 is 1.46 bits per heavy atom. The second-order valence-electron chi connectivity index (χ2n) is 3.53. The van der Waals surface area contributed by atoms with Crippen molar-refractivity contribution in [2.75, 3.05) is 20.7 Å². The van der Waals surface area contributed by atoms with E-state index < -0.39 is 0 Å². The lowest BCUT2D eigenvalue weighted by Gasteiger charge is -2.27. The number of hydrogen-bond acceptors (Lipinski definition) is 2. The van der Waals surface area contributed by atoms with Crippen molar-refractivity contribution in [2.45, 2.75) is 31.3 Å². The molecule has 1 aliphatic rings. The largest absolute Gasteiger partial charge is 0.376 e. The maximum Gasteiger partial charge on any atom is 0.314 e. The van der Waals surface area contributed by atoms with E-state index in [2.05, 4.69) is 10.6 Å². The highest BCUT2D eigenvalue weighted by atomic mass is 16.5. The zero-order chi connectivity index (χ0) is 9.73. The van der Waals surface area contributed by atoms with Crippen LogP contribution in [0, 0.1) is 0 Å². The Hall–Kier alpha value is -0.770. The summed E-state index contributed by atoms with van der Waals surface area (Å²) < 4.78 is 5.45. The molecule has 0 aromatic carbocycles. The lowest BCUT2D eigenvalue weighted by atomic mass is 10.0. The highest BCUT2D eigenvalue weighted by molar-refractivity contribution is 5.73. The molecule has 0 radical (unpaired) electrons. The standard InChI is InChI=1S/C9H18N2O2/c1-10-8(12)11-7-9(13-2)5-3-4-6-9/h3-7H2,1-2H3,(H2,10,11,12). The summed E-state index contributed by atoms with van der Waals surface area (Å²) in [4.78, 5) is 10.9. The van der Waals surface area contributed by atoms with Crippen LogP contribution in [0.3, 0.4) is 0 Å². The molecule has 1 saturated carbocycles. The zero-order valence-electron chi connectivity index (χ0n) is 8.35. The van der Waals surface area contributed by atoms with Gasteiger partial charge in [-0.15, -0.1) is 0 Å². The second-order valence-corrected chi connectivity index (χ2v) is 3.53. The Kier molecular flexibility index (Phi) is 3.54. The molecule has 0 atom stereocenters. The van der Waals surface area contributed by atoms with Gasteiger partial charge in [-0.05, 0) is 12.8 Å². The van der Waals surface area contributed by atoms with E-state index in [1.54, 1.807) is 14.2 Å². The van der Waals surface area contributed by atoms with Crippen molar-refractivity contribution in [1.82, 2.24) is 10.6 Å². The van der Waals surface area contributed by atoms with Gasteiger partial charge in [0, 0.05) is 20.7 Å². The van der Waals surface area contributed by atoms with Crippen molar-refractivity contribution >= 4 is 6.03 Å². The smallest absolute Gasteiger partial charge is 0.314 e. The predicted molar refractivity (Wildman–Crippen MR) is 50.7 cm³/mol. The first-order valence-electron chi connectivity index (χ1n) is 4.73. The van der Waals surface area contributed by atoms with Gasteiger partial charge in [0.05, 0.1) is 5.60 Å². The summed E-state index contributed by atoms with van der Waals surface area (Å²) in [6.07, 6.45) is 4.49. The average molecular weight is 186 g/mol. The molecule has 0 bridgehead atoms. The quantitative estimate of drug-likeness (QED) is 0.687. The lowest BCUT2D eigenvalue weighted by Crippen LogP contribution is -2.45. The maximum absolute atomic E-state index is 10.9. The van der Waals surface area contributed by atoms with Crippen LogP contribution < -0.4 is 10.6 Å². The monoisotopic (exact) mass is 186 g/mol. The van der Waals surface area contributed by atoms with Gasteiger partial charge in [-0.25, -0.2) is 4.79 Å². The molecule has 13 heavy (non-hydrogen) atoms. The number of hydrogen-bond donors (Lipinski definition) is 2. The third-order valence-corrected chi connectivity index (χ3v) is 2.75. The molecular weight excluding hydrogens is 168 g/mol. The fourth-order valence-electron chi connectivity index (χ4n) is 1.80. The summed E-state index contributed by atoms with van der Waals surface area (Å²) in [5.74, 6) is 0. The SMILES string of the molecule is CNC(=O)NCC1(OC)CCCC1. The molecule has 0 unspecified atom stereocenters. The summed E-state index contributed by atoms with van der Waals surface area (Å²) in [5.41, 5.74) is -0.105.